The van der Waals surface area contributed by atoms with Gasteiger partial charge in [0.1, 0.15) is 5.56 Å². The van der Waals surface area contributed by atoms with Gasteiger partial charge in [-0.2, -0.15) is 0 Å². The van der Waals surface area contributed by atoms with Gasteiger partial charge in [-0.1, -0.05) is 12.1 Å². The summed E-state index contributed by atoms with van der Waals surface area (Å²) in [4.78, 5) is 24.5. The van der Waals surface area contributed by atoms with E-state index in [0.717, 1.165) is 24.9 Å². The third-order valence-electron chi connectivity index (χ3n) is 3.49. The maximum absolute atomic E-state index is 12.4. The minimum Gasteiger partial charge on any atom is -0.349 e. The number of hydrogen-bond acceptors (Lipinski definition) is 2. The Morgan fingerprint density at radius 3 is 2.79 bits per heavy atom. The van der Waals surface area contributed by atoms with Crippen molar-refractivity contribution in [2.45, 2.75) is 32.4 Å². The van der Waals surface area contributed by atoms with Gasteiger partial charge in [0, 0.05) is 24.2 Å². The number of aromatic nitrogens is 1. The van der Waals surface area contributed by atoms with Crippen LogP contribution in [0.25, 0.3) is 10.9 Å². The Morgan fingerprint density at radius 1 is 1.37 bits per heavy atom. The maximum Gasteiger partial charge on any atom is 0.256 e. The molecule has 0 atom stereocenters. The van der Waals surface area contributed by atoms with E-state index >= 15 is 0 Å². The number of pyridine rings is 1. The van der Waals surface area contributed by atoms with Crippen LogP contribution in [0, 0.1) is 0 Å². The lowest BCUT2D eigenvalue weighted by molar-refractivity contribution is 0.0949. The molecule has 98 valence electrons. The largest absolute Gasteiger partial charge is 0.349 e. The summed E-state index contributed by atoms with van der Waals surface area (Å²) in [6.07, 6.45) is 3.70. The number of fused-ring (bicyclic) bond motifs is 1. The van der Waals surface area contributed by atoms with Crippen LogP contribution in [0.2, 0.25) is 0 Å². The normalized spacial score (nSPS) is 14.6. The zero-order chi connectivity index (χ0) is 13.4. The summed E-state index contributed by atoms with van der Waals surface area (Å²) < 4.78 is 1.94. The highest BCUT2D eigenvalue weighted by atomic mass is 16.2. The van der Waals surface area contributed by atoms with Gasteiger partial charge in [0.2, 0.25) is 5.43 Å². The topological polar surface area (TPSA) is 51.1 Å². The summed E-state index contributed by atoms with van der Waals surface area (Å²) in [5, 5.41) is 3.48. The van der Waals surface area contributed by atoms with Gasteiger partial charge in [-0.3, -0.25) is 9.59 Å². The number of nitrogens with one attached hydrogen (secondary N) is 1. The van der Waals surface area contributed by atoms with Gasteiger partial charge < -0.3 is 9.88 Å². The van der Waals surface area contributed by atoms with E-state index in [9.17, 15) is 9.59 Å². The molecule has 1 saturated carbocycles. The Morgan fingerprint density at radius 2 is 2.11 bits per heavy atom. The van der Waals surface area contributed by atoms with E-state index in [-0.39, 0.29) is 22.9 Å². The van der Waals surface area contributed by atoms with Crippen molar-refractivity contribution in [2.75, 3.05) is 0 Å². The van der Waals surface area contributed by atoms with E-state index < -0.39 is 0 Å². The molecule has 19 heavy (non-hydrogen) atoms. The van der Waals surface area contributed by atoms with E-state index in [4.69, 9.17) is 0 Å². The molecule has 0 radical (unpaired) electrons. The predicted molar refractivity (Wildman–Crippen MR) is 74.4 cm³/mol. The smallest absolute Gasteiger partial charge is 0.256 e. The van der Waals surface area contributed by atoms with E-state index in [1.54, 1.807) is 12.3 Å². The lowest BCUT2D eigenvalue weighted by Crippen LogP contribution is -2.31. The zero-order valence-corrected chi connectivity index (χ0v) is 10.8. The number of aryl methyl sites for hydroxylation is 1. The van der Waals surface area contributed by atoms with Crippen LogP contribution < -0.4 is 10.7 Å². The number of nitrogens with zero attached hydrogens (tertiary/aromatic N) is 1. The molecular formula is C15H16N2O2. The van der Waals surface area contributed by atoms with E-state index in [0.29, 0.717) is 5.39 Å². The monoisotopic (exact) mass is 256 g/mol. The molecule has 1 heterocycles. The molecule has 0 spiro atoms. The highest BCUT2D eigenvalue weighted by molar-refractivity contribution is 5.97. The minimum atomic E-state index is -0.250. The average Bonchev–Trinajstić information content (AvgIpc) is 3.23. The first-order valence-corrected chi connectivity index (χ1v) is 6.63. The van der Waals surface area contributed by atoms with Crippen LogP contribution in [0.4, 0.5) is 0 Å². The van der Waals surface area contributed by atoms with Crippen LogP contribution in [0.3, 0.4) is 0 Å². The van der Waals surface area contributed by atoms with Gasteiger partial charge >= 0.3 is 0 Å². The Labute approximate surface area is 111 Å². The van der Waals surface area contributed by atoms with Crippen molar-refractivity contribution in [3.8, 4) is 0 Å². The molecule has 0 bridgehead atoms. The Hall–Kier alpha value is -2.10. The number of benzene rings is 1. The molecule has 1 fully saturated rings. The van der Waals surface area contributed by atoms with E-state index in [1.807, 2.05) is 29.7 Å². The molecule has 4 heteroatoms. The number of carbonyl (C=O) groups excluding carboxylic acids is 1. The van der Waals surface area contributed by atoms with Crippen LogP contribution in [0.15, 0.2) is 35.3 Å². The van der Waals surface area contributed by atoms with Crippen LogP contribution in [0.1, 0.15) is 30.1 Å². The van der Waals surface area contributed by atoms with Crippen LogP contribution in [-0.4, -0.2) is 16.5 Å². The average molecular weight is 256 g/mol. The second-order valence-corrected chi connectivity index (χ2v) is 4.92. The fourth-order valence-electron chi connectivity index (χ4n) is 2.26. The summed E-state index contributed by atoms with van der Waals surface area (Å²) in [6, 6.07) is 7.67. The van der Waals surface area contributed by atoms with Gasteiger partial charge in [0.05, 0.1) is 5.52 Å². The molecule has 1 aromatic carbocycles. The lowest BCUT2D eigenvalue weighted by Gasteiger charge is -2.11. The van der Waals surface area contributed by atoms with Crippen LogP contribution in [0.5, 0.6) is 0 Å². The summed E-state index contributed by atoms with van der Waals surface area (Å²) in [6.45, 7) is 2.73. The number of hydrogen-bond donors (Lipinski definition) is 1. The molecule has 2 aromatic rings. The fraction of sp³-hybridized carbons (Fsp3) is 0.333. The molecule has 1 aliphatic rings. The number of para-hydroxylation sites is 1. The number of amides is 1. The molecule has 0 unspecified atom stereocenters. The second kappa shape index (κ2) is 4.53. The first-order chi connectivity index (χ1) is 9.20. The van der Waals surface area contributed by atoms with Crippen molar-refractivity contribution in [3.63, 3.8) is 0 Å². The molecule has 0 saturated heterocycles. The number of carbonyl (C=O) groups is 1. The summed E-state index contributed by atoms with van der Waals surface area (Å²) >= 11 is 0. The minimum absolute atomic E-state index is 0.182. The molecule has 4 nitrogen and oxygen atoms in total. The zero-order valence-electron chi connectivity index (χ0n) is 10.8. The van der Waals surface area contributed by atoms with Crippen molar-refractivity contribution in [1.82, 2.24) is 9.88 Å². The van der Waals surface area contributed by atoms with Crippen molar-refractivity contribution in [2.24, 2.45) is 0 Å². The standard InChI is InChI=1S/C15H16N2O2/c1-2-17-9-12(15(19)16-10-7-8-10)14(18)11-5-3-4-6-13(11)17/h3-6,9-10H,2,7-8H2,1H3,(H,16,19). The van der Waals surface area contributed by atoms with Crippen molar-refractivity contribution in [3.05, 3.63) is 46.2 Å². The van der Waals surface area contributed by atoms with Gasteiger partial charge in [0.25, 0.3) is 5.91 Å². The molecule has 1 aromatic heterocycles. The third kappa shape index (κ3) is 2.14. The highest BCUT2D eigenvalue weighted by Crippen LogP contribution is 2.19. The predicted octanol–water partition coefficient (Wildman–Crippen LogP) is 1.91. The van der Waals surface area contributed by atoms with E-state index in [1.165, 1.54) is 0 Å². The summed E-state index contributed by atoms with van der Waals surface area (Å²) in [5.74, 6) is -0.250. The highest BCUT2D eigenvalue weighted by Gasteiger charge is 2.25. The van der Waals surface area contributed by atoms with Gasteiger partial charge in [-0.15, -0.1) is 0 Å². The maximum atomic E-state index is 12.4. The van der Waals surface area contributed by atoms with E-state index in [2.05, 4.69) is 5.32 Å². The summed E-state index contributed by atoms with van der Waals surface area (Å²) in [7, 11) is 0. The lowest BCUT2D eigenvalue weighted by atomic mass is 10.1. The number of rotatable bonds is 3. The Bertz CT molecular complexity index is 699. The third-order valence-corrected chi connectivity index (χ3v) is 3.49. The van der Waals surface area contributed by atoms with Crippen molar-refractivity contribution >= 4 is 16.8 Å². The van der Waals surface area contributed by atoms with Crippen molar-refractivity contribution in [1.29, 1.82) is 0 Å². The summed E-state index contributed by atoms with van der Waals surface area (Å²) in [5.41, 5.74) is 0.934. The van der Waals surface area contributed by atoms with Crippen LogP contribution in [-0.2, 0) is 6.54 Å². The Kier molecular flexibility index (Phi) is 2.85. The SMILES string of the molecule is CCn1cc(C(=O)NC2CC2)c(=O)c2ccccc21. The first kappa shape index (κ1) is 12.0. The fourth-order valence-corrected chi connectivity index (χ4v) is 2.26. The molecule has 1 amide bonds. The van der Waals surface area contributed by atoms with Crippen molar-refractivity contribution < 1.29 is 4.79 Å². The second-order valence-electron chi connectivity index (χ2n) is 4.92. The Balaban J connectivity index is 2.16. The molecule has 1 N–H and O–H groups in total. The van der Waals surface area contributed by atoms with Gasteiger partial charge in [-0.25, -0.2) is 0 Å². The molecule has 3 rings (SSSR count). The quantitative estimate of drug-likeness (QED) is 0.912. The molecular weight excluding hydrogens is 240 g/mol. The van der Waals surface area contributed by atoms with Crippen LogP contribution >= 0.6 is 0 Å². The molecule has 0 aliphatic heterocycles. The first-order valence-electron chi connectivity index (χ1n) is 6.63. The van der Waals surface area contributed by atoms with Gasteiger partial charge in [0.15, 0.2) is 0 Å². The molecule has 1 aliphatic carbocycles. The van der Waals surface area contributed by atoms with Gasteiger partial charge in [-0.05, 0) is 31.9 Å².